The molecule has 0 fully saturated rings. The van der Waals surface area contributed by atoms with E-state index >= 15 is 0 Å². The van der Waals surface area contributed by atoms with E-state index in [9.17, 15) is 9.59 Å². The molecule has 5 nitrogen and oxygen atoms in total. The third-order valence-electron chi connectivity index (χ3n) is 2.79. The van der Waals surface area contributed by atoms with Gasteiger partial charge in [-0.2, -0.15) is 11.8 Å². The number of benzene rings is 1. The smallest absolute Gasteiger partial charge is 0.251 e. The first kappa shape index (κ1) is 19.2. The molecular formula is C15H15Cl2N3O2S2. The first-order chi connectivity index (χ1) is 11.5. The van der Waals surface area contributed by atoms with Crippen LogP contribution in [-0.4, -0.2) is 27.4 Å². The van der Waals surface area contributed by atoms with Crippen molar-refractivity contribution in [1.29, 1.82) is 0 Å². The lowest BCUT2D eigenvalue weighted by molar-refractivity contribution is -0.113. The molecule has 0 aliphatic rings. The van der Waals surface area contributed by atoms with Crippen LogP contribution in [0.2, 0.25) is 10.0 Å². The predicted octanol–water partition coefficient (Wildman–Crippen LogP) is 4.06. The summed E-state index contributed by atoms with van der Waals surface area (Å²) in [5.41, 5.74) is 0.845. The van der Waals surface area contributed by atoms with Crippen molar-refractivity contribution in [3.63, 3.8) is 0 Å². The largest absolute Gasteiger partial charge is 0.323 e. The van der Waals surface area contributed by atoms with Crippen LogP contribution < -0.4 is 10.9 Å². The average molecular weight is 404 g/mol. The fourth-order valence-electron chi connectivity index (χ4n) is 1.76. The van der Waals surface area contributed by atoms with Crippen molar-refractivity contribution in [2.45, 2.75) is 17.8 Å². The maximum absolute atomic E-state index is 12.1. The van der Waals surface area contributed by atoms with Crippen LogP contribution in [0, 0.1) is 0 Å². The number of thioether (sulfide) groups is 2. The van der Waals surface area contributed by atoms with Crippen LogP contribution in [0.3, 0.4) is 0 Å². The van der Waals surface area contributed by atoms with Gasteiger partial charge in [0.2, 0.25) is 5.91 Å². The Kier molecular flexibility index (Phi) is 7.48. The summed E-state index contributed by atoms with van der Waals surface area (Å²) in [6, 6.07) is 6.45. The number of amides is 1. The molecule has 9 heteroatoms. The molecule has 24 heavy (non-hydrogen) atoms. The van der Waals surface area contributed by atoms with Crippen molar-refractivity contribution in [2.75, 3.05) is 16.8 Å². The van der Waals surface area contributed by atoms with Crippen LogP contribution in [0.1, 0.15) is 12.6 Å². The second-order valence-electron chi connectivity index (χ2n) is 4.61. The fourth-order valence-corrected chi connectivity index (χ4v) is 3.51. The van der Waals surface area contributed by atoms with Gasteiger partial charge in [-0.1, -0.05) is 48.0 Å². The van der Waals surface area contributed by atoms with Crippen LogP contribution in [0.25, 0.3) is 0 Å². The summed E-state index contributed by atoms with van der Waals surface area (Å²) in [6.07, 6.45) is 0. The Balaban J connectivity index is 1.99. The van der Waals surface area contributed by atoms with Crippen LogP contribution in [0.15, 0.2) is 34.2 Å². The summed E-state index contributed by atoms with van der Waals surface area (Å²) in [7, 11) is 0. The minimum Gasteiger partial charge on any atom is -0.323 e. The third kappa shape index (κ3) is 5.73. The molecule has 2 N–H and O–H groups in total. The van der Waals surface area contributed by atoms with Gasteiger partial charge in [0.05, 0.1) is 27.2 Å². The third-order valence-corrected chi connectivity index (χ3v) is 5.21. The Bertz CT molecular complexity index is 763. The van der Waals surface area contributed by atoms with Crippen molar-refractivity contribution < 1.29 is 4.79 Å². The highest BCUT2D eigenvalue weighted by Crippen LogP contribution is 2.30. The molecule has 0 aliphatic heterocycles. The Morgan fingerprint density at radius 3 is 2.71 bits per heavy atom. The number of halogens is 2. The molecule has 0 atom stereocenters. The molecule has 0 spiro atoms. The Morgan fingerprint density at radius 1 is 1.33 bits per heavy atom. The number of carbonyl (C=O) groups excluding carboxylic acids is 1. The summed E-state index contributed by atoms with van der Waals surface area (Å²) < 4.78 is 0. The van der Waals surface area contributed by atoms with Crippen molar-refractivity contribution in [3.8, 4) is 0 Å². The van der Waals surface area contributed by atoms with Gasteiger partial charge in [0.1, 0.15) is 0 Å². The van der Waals surface area contributed by atoms with Crippen molar-refractivity contribution >= 4 is 58.3 Å². The summed E-state index contributed by atoms with van der Waals surface area (Å²) in [6.45, 7) is 2.04. The highest BCUT2D eigenvalue weighted by atomic mass is 35.5. The molecule has 0 saturated heterocycles. The molecule has 0 bridgehead atoms. The van der Waals surface area contributed by atoms with Gasteiger partial charge in [-0.15, -0.1) is 0 Å². The second-order valence-corrected chi connectivity index (χ2v) is 7.67. The first-order valence-electron chi connectivity index (χ1n) is 7.04. The molecule has 0 radical (unpaired) electrons. The fraction of sp³-hybridized carbons (Fsp3) is 0.267. The van der Waals surface area contributed by atoms with Gasteiger partial charge in [0, 0.05) is 11.8 Å². The zero-order chi connectivity index (χ0) is 17.5. The van der Waals surface area contributed by atoms with E-state index in [4.69, 9.17) is 23.2 Å². The summed E-state index contributed by atoms with van der Waals surface area (Å²) >= 11 is 14.8. The highest BCUT2D eigenvalue weighted by molar-refractivity contribution is 7.99. The number of hydrogen-bond acceptors (Lipinski definition) is 5. The second kappa shape index (κ2) is 9.36. The topological polar surface area (TPSA) is 74.8 Å². The molecule has 2 aromatic rings. The number of nitrogens with one attached hydrogen (secondary N) is 2. The SMILES string of the molecule is CCSCc1cc(=O)[nH]c(SCC(=O)Nc2c(Cl)cccc2Cl)n1. The number of rotatable bonds is 7. The molecule has 1 amide bonds. The minimum absolute atomic E-state index is 0.0782. The Morgan fingerprint density at radius 2 is 2.04 bits per heavy atom. The van der Waals surface area contributed by atoms with E-state index in [1.807, 2.05) is 6.92 Å². The average Bonchev–Trinajstić information content (AvgIpc) is 2.54. The van der Waals surface area contributed by atoms with Gasteiger partial charge in [0.15, 0.2) is 5.16 Å². The summed E-state index contributed by atoms with van der Waals surface area (Å²) in [4.78, 5) is 30.7. The van der Waals surface area contributed by atoms with E-state index in [-0.39, 0.29) is 17.2 Å². The molecule has 0 unspecified atom stereocenters. The van der Waals surface area contributed by atoms with E-state index in [1.165, 1.54) is 6.07 Å². The van der Waals surface area contributed by atoms with Crippen LogP contribution >= 0.6 is 46.7 Å². The van der Waals surface area contributed by atoms with Crippen LogP contribution in [0.5, 0.6) is 0 Å². The molecule has 1 heterocycles. The van der Waals surface area contributed by atoms with Crippen molar-refractivity contribution in [3.05, 3.63) is 50.4 Å². The molecule has 2 rings (SSSR count). The van der Waals surface area contributed by atoms with E-state index in [1.54, 1.807) is 30.0 Å². The number of anilines is 1. The maximum Gasteiger partial charge on any atom is 0.251 e. The molecule has 1 aromatic heterocycles. The number of para-hydroxylation sites is 1. The maximum atomic E-state index is 12.1. The quantitative estimate of drug-likeness (QED) is 0.538. The number of H-pyrrole nitrogens is 1. The van der Waals surface area contributed by atoms with Crippen LogP contribution in [-0.2, 0) is 10.5 Å². The first-order valence-corrected chi connectivity index (χ1v) is 9.94. The number of aromatic nitrogens is 2. The molecule has 0 aliphatic carbocycles. The minimum atomic E-state index is -0.286. The number of aromatic amines is 1. The molecular weight excluding hydrogens is 389 g/mol. The highest BCUT2D eigenvalue weighted by Gasteiger charge is 2.11. The van der Waals surface area contributed by atoms with Gasteiger partial charge in [0.25, 0.3) is 5.56 Å². The summed E-state index contributed by atoms with van der Waals surface area (Å²) in [5.74, 6) is 1.40. The van der Waals surface area contributed by atoms with E-state index in [0.29, 0.717) is 32.3 Å². The standard InChI is InChI=1S/C15H15Cl2N3O2S2/c1-2-23-7-9-6-12(21)20-15(18-9)24-8-13(22)19-14-10(16)4-3-5-11(14)17/h3-6H,2,7-8H2,1H3,(H,19,22)(H,18,20,21). The lowest BCUT2D eigenvalue weighted by Crippen LogP contribution is -2.16. The normalized spacial score (nSPS) is 10.6. The van der Waals surface area contributed by atoms with Gasteiger partial charge in [-0.05, 0) is 17.9 Å². The lowest BCUT2D eigenvalue weighted by atomic mass is 10.3. The number of hydrogen-bond donors (Lipinski definition) is 2. The van der Waals surface area contributed by atoms with Crippen molar-refractivity contribution in [2.24, 2.45) is 0 Å². The van der Waals surface area contributed by atoms with E-state index in [2.05, 4.69) is 15.3 Å². The lowest BCUT2D eigenvalue weighted by Gasteiger charge is -2.09. The molecule has 128 valence electrons. The van der Waals surface area contributed by atoms with Gasteiger partial charge < -0.3 is 10.3 Å². The van der Waals surface area contributed by atoms with Gasteiger partial charge in [-0.3, -0.25) is 9.59 Å². The van der Waals surface area contributed by atoms with Crippen LogP contribution in [0.4, 0.5) is 5.69 Å². The van der Waals surface area contributed by atoms with Gasteiger partial charge in [-0.25, -0.2) is 4.98 Å². The molecule has 0 saturated carbocycles. The van der Waals surface area contributed by atoms with Gasteiger partial charge >= 0.3 is 0 Å². The summed E-state index contributed by atoms with van der Waals surface area (Å²) in [5, 5.41) is 3.81. The monoisotopic (exact) mass is 403 g/mol. The Hall–Kier alpha value is -1.15. The van der Waals surface area contributed by atoms with E-state index in [0.717, 1.165) is 17.5 Å². The Labute approximate surface area is 157 Å². The van der Waals surface area contributed by atoms with Crippen molar-refractivity contribution in [1.82, 2.24) is 9.97 Å². The van der Waals surface area contributed by atoms with E-state index < -0.39 is 0 Å². The zero-order valence-electron chi connectivity index (χ0n) is 12.8. The predicted molar refractivity (Wildman–Crippen MR) is 103 cm³/mol. The number of carbonyl (C=O) groups is 1. The molecule has 1 aromatic carbocycles. The number of nitrogens with zero attached hydrogens (tertiary/aromatic N) is 1. The zero-order valence-corrected chi connectivity index (χ0v) is 15.9.